The fourth-order valence-electron chi connectivity index (χ4n) is 5.00. The maximum Gasteiger partial charge on any atom is 1.00 e. The Morgan fingerprint density at radius 1 is 1.08 bits per heavy atom. The number of hydrogen-bond acceptors (Lipinski definition) is 6. The van der Waals surface area contributed by atoms with E-state index in [9.17, 15) is 14.7 Å². The monoisotopic (exact) mass is 536 g/mol. The number of fused-ring (bicyclic) bond motifs is 1. The fourth-order valence-corrected chi connectivity index (χ4v) is 5.00. The molecule has 2 aliphatic rings. The Hall–Kier alpha value is -2.26. The van der Waals surface area contributed by atoms with E-state index in [4.69, 9.17) is 14.2 Å². The third-order valence-electron chi connectivity index (χ3n) is 7.05. The number of benzene rings is 2. The van der Waals surface area contributed by atoms with Gasteiger partial charge in [0.25, 0.3) is 0 Å². The van der Waals surface area contributed by atoms with Crippen molar-refractivity contribution in [2.45, 2.75) is 51.5 Å². The molecule has 1 fully saturated rings. The van der Waals surface area contributed by atoms with Gasteiger partial charge in [-0.2, -0.15) is 0 Å². The SMILES string of the molecule is CCCCN(C=O)CCCC.COc1ccc(C2C(C(=O)O)C(c3ccc4c(c3)OCO4)CN2C)cc1.[H-].[Na+]. The number of carboxylic acid groups (broad SMARTS) is 1. The van der Waals surface area contributed by atoms with Crippen molar-refractivity contribution < 1.29 is 59.9 Å². The summed E-state index contributed by atoms with van der Waals surface area (Å²) in [4.78, 5) is 26.6. The standard InChI is InChI=1S/C20H21NO5.C9H19NO.Na.H/c1-21-10-15(13-5-8-16-17(9-13)26-11-25-16)18(20(22)23)19(21)12-3-6-14(24-2)7-4-12;1-3-5-7-10(9-11)8-6-4-2;;/h3-9,15,18-19H,10-11H2,1-2H3,(H,22,23);9H,3-8H2,1-2H3;;/q;;+1;-1. The smallest absolute Gasteiger partial charge is 1.00 e. The quantitative estimate of drug-likeness (QED) is 0.347. The number of likely N-dealkylation sites (tertiary alicyclic amines) is 1. The summed E-state index contributed by atoms with van der Waals surface area (Å²) in [6, 6.07) is 13.1. The Kier molecular flexibility index (Phi) is 13.4. The Morgan fingerprint density at radius 2 is 1.68 bits per heavy atom. The number of carbonyl (C=O) groups excluding carboxylic acids is 1. The van der Waals surface area contributed by atoms with Gasteiger partial charge in [0, 0.05) is 31.6 Å². The molecule has 9 heteroatoms. The summed E-state index contributed by atoms with van der Waals surface area (Å²) < 4.78 is 16.0. The van der Waals surface area contributed by atoms with Gasteiger partial charge in [-0.1, -0.05) is 44.9 Å². The maximum absolute atomic E-state index is 12.2. The van der Waals surface area contributed by atoms with Crippen LogP contribution in [-0.2, 0) is 9.59 Å². The van der Waals surface area contributed by atoms with Crippen LogP contribution in [0.25, 0.3) is 0 Å². The van der Waals surface area contributed by atoms with Crippen LogP contribution in [0, 0.1) is 5.92 Å². The Morgan fingerprint density at radius 3 is 2.24 bits per heavy atom. The van der Waals surface area contributed by atoms with Crippen LogP contribution in [0.2, 0.25) is 0 Å². The van der Waals surface area contributed by atoms with Crippen LogP contribution in [0.1, 0.15) is 64.0 Å². The molecule has 8 nitrogen and oxygen atoms in total. The van der Waals surface area contributed by atoms with Gasteiger partial charge in [0.2, 0.25) is 13.2 Å². The number of nitrogens with zero attached hydrogens (tertiary/aromatic N) is 2. The number of carbonyl (C=O) groups is 2. The zero-order valence-electron chi connectivity index (χ0n) is 24.4. The van der Waals surface area contributed by atoms with Gasteiger partial charge in [-0.3, -0.25) is 14.5 Å². The van der Waals surface area contributed by atoms with Crippen LogP contribution in [0.4, 0.5) is 0 Å². The molecule has 38 heavy (non-hydrogen) atoms. The Balaban J connectivity index is 0.000000505. The second-order valence-corrected chi connectivity index (χ2v) is 9.59. The van der Waals surface area contributed by atoms with Gasteiger partial charge < -0.3 is 25.6 Å². The van der Waals surface area contributed by atoms with Crippen molar-refractivity contribution in [2.24, 2.45) is 5.92 Å². The van der Waals surface area contributed by atoms with Crippen LogP contribution >= 0.6 is 0 Å². The van der Waals surface area contributed by atoms with E-state index in [0.29, 0.717) is 18.0 Å². The van der Waals surface area contributed by atoms with E-state index in [1.165, 1.54) is 0 Å². The van der Waals surface area contributed by atoms with Gasteiger partial charge in [-0.25, -0.2) is 0 Å². The summed E-state index contributed by atoms with van der Waals surface area (Å²) >= 11 is 0. The van der Waals surface area contributed by atoms with Gasteiger partial charge in [0.15, 0.2) is 11.5 Å². The van der Waals surface area contributed by atoms with Crippen LogP contribution in [0.3, 0.4) is 0 Å². The van der Waals surface area contributed by atoms with E-state index in [1.807, 2.05) is 54.4 Å². The summed E-state index contributed by atoms with van der Waals surface area (Å²) in [6.45, 7) is 7.01. The van der Waals surface area contributed by atoms with Gasteiger partial charge in [0.1, 0.15) is 5.75 Å². The Labute approximate surface area is 250 Å². The topological polar surface area (TPSA) is 88.5 Å². The Bertz CT molecular complexity index is 1020. The molecular weight excluding hydrogens is 495 g/mol. The molecule has 1 amide bonds. The first-order valence-electron chi connectivity index (χ1n) is 13.1. The number of unbranched alkanes of at least 4 members (excludes halogenated alkanes) is 2. The number of hydrogen-bond donors (Lipinski definition) is 1. The molecule has 0 radical (unpaired) electrons. The first-order valence-corrected chi connectivity index (χ1v) is 13.1. The minimum absolute atomic E-state index is 0. The maximum atomic E-state index is 12.2. The van der Waals surface area contributed by atoms with Crippen molar-refractivity contribution >= 4 is 12.4 Å². The van der Waals surface area contributed by atoms with Crippen molar-refractivity contribution in [3.63, 3.8) is 0 Å². The van der Waals surface area contributed by atoms with Crippen molar-refractivity contribution in [3.8, 4) is 17.2 Å². The van der Waals surface area contributed by atoms with E-state index in [-0.39, 0.29) is 49.7 Å². The third-order valence-corrected chi connectivity index (χ3v) is 7.05. The zero-order valence-corrected chi connectivity index (χ0v) is 25.4. The van der Waals surface area contributed by atoms with Crippen molar-refractivity contribution in [2.75, 3.05) is 40.6 Å². The van der Waals surface area contributed by atoms with E-state index in [2.05, 4.69) is 18.7 Å². The molecule has 0 aromatic heterocycles. The molecule has 1 saturated heterocycles. The predicted octanol–water partition coefficient (Wildman–Crippen LogP) is 2.06. The van der Waals surface area contributed by atoms with Crippen LogP contribution < -0.4 is 43.8 Å². The third kappa shape index (κ3) is 8.12. The molecule has 2 aromatic rings. The van der Waals surface area contributed by atoms with Gasteiger partial charge in [-0.15, -0.1) is 0 Å². The van der Waals surface area contributed by atoms with E-state index in [1.54, 1.807) is 7.11 Å². The van der Waals surface area contributed by atoms with Gasteiger partial charge >= 0.3 is 35.5 Å². The largest absolute Gasteiger partial charge is 1.00 e. The molecule has 0 bridgehead atoms. The summed E-state index contributed by atoms with van der Waals surface area (Å²) in [6.07, 6.45) is 5.54. The molecule has 0 spiro atoms. The molecule has 2 aromatic carbocycles. The first-order chi connectivity index (χ1) is 17.9. The fraction of sp³-hybridized carbons (Fsp3) is 0.517. The molecule has 3 atom stereocenters. The molecule has 2 aliphatic heterocycles. The summed E-state index contributed by atoms with van der Waals surface area (Å²) in [5, 5.41) is 9.98. The van der Waals surface area contributed by atoms with Crippen molar-refractivity contribution in [3.05, 3.63) is 53.6 Å². The van der Waals surface area contributed by atoms with E-state index >= 15 is 0 Å². The minimum Gasteiger partial charge on any atom is -1.00 e. The van der Waals surface area contributed by atoms with Crippen LogP contribution in [0.5, 0.6) is 17.2 Å². The summed E-state index contributed by atoms with van der Waals surface area (Å²) in [5.74, 6) is 0.681. The molecule has 2 heterocycles. The van der Waals surface area contributed by atoms with Crippen molar-refractivity contribution in [1.29, 1.82) is 0 Å². The normalized spacial score (nSPS) is 19.6. The van der Waals surface area contributed by atoms with E-state index < -0.39 is 11.9 Å². The number of amides is 1. The molecular formula is C29H41N2NaO6. The second kappa shape index (κ2) is 16.0. The molecule has 0 saturated carbocycles. The predicted molar refractivity (Wildman–Crippen MR) is 143 cm³/mol. The number of methoxy groups -OCH3 is 1. The molecule has 3 unspecified atom stereocenters. The number of aliphatic carboxylic acids is 1. The molecule has 0 aliphatic carbocycles. The van der Waals surface area contributed by atoms with Crippen molar-refractivity contribution in [1.82, 2.24) is 9.80 Å². The average molecular weight is 537 g/mol. The van der Waals surface area contributed by atoms with Gasteiger partial charge in [-0.05, 0) is 55.3 Å². The molecule has 1 N–H and O–H groups in total. The average Bonchev–Trinajstić information content (AvgIpc) is 3.53. The number of likely N-dealkylation sites (N-methyl/N-ethyl adjacent to an activating group) is 1. The summed E-state index contributed by atoms with van der Waals surface area (Å²) in [7, 11) is 3.59. The molecule has 204 valence electrons. The zero-order chi connectivity index (χ0) is 26.8. The number of carboxylic acids is 1. The number of rotatable bonds is 11. The van der Waals surface area contributed by atoms with E-state index in [0.717, 1.165) is 62.1 Å². The number of ether oxygens (including phenoxy) is 3. The first kappa shape index (κ1) is 32.0. The van der Waals surface area contributed by atoms with Gasteiger partial charge in [0.05, 0.1) is 13.0 Å². The van der Waals surface area contributed by atoms with Crippen LogP contribution in [-0.4, -0.2) is 67.9 Å². The summed E-state index contributed by atoms with van der Waals surface area (Å²) in [5.41, 5.74) is 1.94. The second-order valence-electron chi connectivity index (χ2n) is 9.59. The van der Waals surface area contributed by atoms with Crippen LogP contribution in [0.15, 0.2) is 42.5 Å². The minimum atomic E-state index is -0.794. The molecule has 4 rings (SSSR count).